The molecule has 3 nitrogen and oxygen atoms in total. The van der Waals surface area contributed by atoms with Crippen molar-refractivity contribution in [3.8, 4) is 0 Å². The van der Waals surface area contributed by atoms with Crippen molar-refractivity contribution in [1.82, 2.24) is 9.80 Å². The fraction of sp³-hybridized carbons (Fsp3) is 1.00. The average Bonchev–Trinajstić information content (AvgIpc) is 2.58. The molecule has 0 spiro atoms. The minimum Gasteiger partial charge on any atom is -0.329 e. The van der Waals surface area contributed by atoms with Crippen LogP contribution in [0, 0.1) is 5.92 Å². The zero-order valence-corrected chi connectivity index (χ0v) is 13.8. The molecular formula is C18H35N3. The lowest BCUT2D eigenvalue weighted by Gasteiger charge is -2.45. The summed E-state index contributed by atoms with van der Waals surface area (Å²) in [7, 11) is 0. The average molecular weight is 293 g/mol. The molecule has 2 aliphatic heterocycles. The maximum absolute atomic E-state index is 6.16. The number of rotatable bonds is 4. The number of hydrogen-bond acceptors (Lipinski definition) is 3. The molecular weight excluding hydrogens is 258 g/mol. The second-order valence-electron chi connectivity index (χ2n) is 7.56. The first-order valence-corrected chi connectivity index (χ1v) is 9.56. The van der Waals surface area contributed by atoms with Gasteiger partial charge in [0.05, 0.1) is 0 Å². The summed E-state index contributed by atoms with van der Waals surface area (Å²) in [6.45, 7) is 6.17. The fourth-order valence-corrected chi connectivity index (χ4v) is 5.02. The van der Waals surface area contributed by atoms with Gasteiger partial charge in [-0.1, -0.05) is 25.7 Å². The Labute approximate surface area is 131 Å². The maximum atomic E-state index is 6.16. The van der Waals surface area contributed by atoms with Gasteiger partial charge >= 0.3 is 0 Å². The van der Waals surface area contributed by atoms with Crippen molar-refractivity contribution >= 4 is 0 Å². The highest BCUT2D eigenvalue weighted by Gasteiger charge is 2.32. The molecule has 3 rings (SSSR count). The van der Waals surface area contributed by atoms with Crippen molar-refractivity contribution in [2.24, 2.45) is 11.7 Å². The van der Waals surface area contributed by atoms with E-state index in [1.165, 1.54) is 90.4 Å². The van der Waals surface area contributed by atoms with Gasteiger partial charge in [-0.25, -0.2) is 0 Å². The van der Waals surface area contributed by atoms with Crippen LogP contribution in [0.3, 0.4) is 0 Å². The van der Waals surface area contributed by atoms with E-state index < -0.39 is 0 Å². The number of nitrogens with two attached hydrogens (primary N) is 1. The van der Waals surface area contributed by atoms with Crippen LogP contribution >= 0.6 is 0 Å². The molecule has 3 fully saturated rings. The molecule has 0 bridgehead atoms. The Kier molecular flexibility index (Phi) is 5.96. The highest BCUT2D eigenvalue weighted by atomic mass is 15.2. The molecule has 0 radical (unpaired) electrons. The summed E-state index contributed by atoms with van der Waals surface area (Å²) in [4.78, 5) is 5.52. The lowest BCUT2D eigenvalue weighted by atomic mass is 9.82. The zero-order valence-electron chi connectivity index (χ0n) is 13.8. The predicted octanol–water partition coefficient (Wildman–Crippen LogP) is 2.84. The van der Waals surface area contributed by atoms with Gasteiger partial charge in [-0.05, 0) is 70.6 Å². The van der Waals surface area contributed by atoms with E-state index in [9.17, 15) is 0 Å². The van der Waals surface area contributed by atoms with Crippen molar-refractivity contribution < 1.29 is 0 Å². The molecule has 2 heterocycles. The Morgan fingerprint density at radius 1 is 0.762 bits per heavy atom. The summed E-state index contributed by atoms with van der Waals surface area (Å²) < 4.78 is 0. The molecule has 1 aliphatic carbocycles. The molecule has 2 saturated heterocycles. The van der Waals surface area contributed by atoms with E-state index in [-0.39, 0.29) is 0 Å². The third-order valence-corrected chi connectivity index (χ3v) is 6.31. The van der Waals surface area contributed by atoms with Crippen LogP contribution in [0.5, 0.6) is 0 Å². The topological polar surface area (TPSA) is 32.5 Å². The van der Waals surface area contributed by atoms with Gasteiger partial charge in [0.25, 0.3) is 0 Å². The van der Waals surface area contributed by atoms with E-state index in [1.807, 2.05) is 0 Å². The first-order chi connectivity index (χ1) is 10.4. The molecule has 0 amide bonds. The van der Waals surface area contributed by atoms with Crippen LogP contribution in [0.2, 0.25) is 0 Å². The summed E-state index contributed by atoms with van der Waals surface area (Å²) in [6, 6.07) is 1.54. The Morgan fingerprint density at radius 2 is 1.38 bits per heavy atom. The minimum atomic E-state index is 0.674. The first kappa shape index (κ1) is 15.8. The Bertz CT molecular complexity index is 287. The summed E-state index contributed by atoms with van der Waals surface area (Å²) in [5.74, 6) is 0.885. The van der Waals surface area contributed by atoms with Gasteiger partial charge in [-0.3, -0.25) is 4.90 Å². The van der Waals surface area contributed by atoms with Crippen LogP contribution in [-0.2, 0) is 0 Å². The standard InChI is InChI=1S/C18H35N3/c19-15-18(16-7-3-1-4-8-16)21-13-9-17(10-14-21)20-11-5-2-6-12-20/h16-18H,1-15,19H2. The van der Waals surface area contributed by atoms with E-state index in [1.54, 1.807) is 0 Å². The molecule has 0 aromatic rings. The van der Waals surface area contributed by atoms with Crippen LogP contribution in [0.25, 0.3) is 0 Å². The molecule has 2 N–H and O–H groups in total. The van der Waals surface area contributed by atoms with Crippen LogP contribution < -0.4 is 5.73 Å². The van der Waals surface area contributed by atoms with Crippen LogP contribution in [0.15, 0.2) is 0 Å². The molecule has 0 aromatic carbocycles. The Morgan fingerprint density at radius 3 is 2.00 bits per heavy atom. The van der Waals surface area contributed by atoms with Gasteiger partial charge in [0.2, 0.25) is 0 Å². The first-order valence-electron chi connectivity index (χ1n) is 9.56. The molecule has 1 saturated carbocycles. The molecule has 3 heteroatoms. The van der Waals surface area contributed by atoms with E-state index >= 15 is 0 Å². The summed E-state index contributed by atoms with van der Waals surface area (Å²) in [5, 5.41) is 0. The molecule has 3 aliphatic rings. The van der Waals surface area contributed by atoms with Crippen molar-refractivity contribution in [3.05, 3.63) is 0 Å². The van der Waals surface area contributed by atoms with E-state index in [0.29, 0.717) is 6.04 Å². The van der Waals surface area contributed by atoms with Crippen LogP contribution in [0.4, 0.5) is 0 Å². The Hall–Kier alpha value is -0.120. The van der Waals surface area contributed by atoms with E-state index in [0.717, 1.165) is 18.5 Å². The predicted molar refractivity (Wildman–Crippen MR) is 89.4 cm³/mol. The second kappa shape index (κ2) is 7.94. The Balaban J connectivity index is 1.49. The molecule has 1 unspecified atom stereocenters. The zero-order chi connectivity index (χ0) is 14.5. The van der Waals surface area contributed by atoms with Crippen molar-refractivity contribution in [2.75, 3.05) is 32.7 Å². The summed E-state index contributed by atoms with van der Waals surface area (Å²) in [5.41, 5.74) is 6.16. The number of hydrogen-bond donors (Lipinski definition) is 1. The van der Waals surface area contributed by atoms with Crippen molar-refractivity contribution in [2.45, 2.75) is 76.3 Å². The molecule has 0 aromatic heterocycles. The van der Waals surface area contributed by atoms with Crippen LogP contribution in [-0.4, -0.2) is 54.6 Å². The number of nitrogens with zero attached hydrogens (tertiary/aromatic N) is 2. The van der Waals surface area contributed by atoms with Gasteiger partial charge in [0.1, 0.15) is 0 Å². The number of likely N-dealkylation sites (tertiary alicyclic amines) is 2. The second-order valence-corrected chi connectivity index (χ2v) is 7.56. The quantitative estimate of drug-likeness (QED) is 0.865. The summed E-state index contributed by atoms with van der Waals surface area (Å²) >= 11 is 0. The van der Waals surface area contributed by atoms with Gasteiger partial charge in [-0.2, -0.15) is 0 Å². The molecule has 21 heavy (non-hydrogen) atoms. The number of piperidine rings is 2. The van der Waals surface area contributed by atoms with Gasteiger partial charge in [0.15, 0.2) is 0 Å². The van der Waals surface area contributed by atoms with Crippen LogP contribution in [0.1, 0.15) is 64.2 Å². The van der Waals surface area contributed by atoms with E-state index in [2.05, 4.69) is 9.80 Å². The van der Waals surface area contributed by atoms with Gasteiger partial charge in [0, 0.05) is 18.6 Å². The largest absolute Gasteiger partial charge is 0.329 e. The minimum absolute atomic E-state index is 0.674. The maximum Gasteiger partial charge on any atom is 0.0246 e. The fourth-order valence-electron chi connectivity index (χ4n) is 5.02. The van der Waals surface area contributed by atoms with Crippen molar-refractivity contribution in [1.29, 1.82) is 0 Å². The summed E-state index contributed by atoms with van der Waals surface area (Å²) in [6.07, 6.45) is 14.2. The van der Waals surface area contributed by atoms with E-state index in [4.69, 9.17) is 5.73 Å². The lowest BCUT2D eigenvalue weighted by molar-refractivity contribution is 0.0499. The SMILES string of the molecule is NCC(C1CCCCC1)N1CCC(N2CCCCC2)CC1. The third kappa shape index (κ3) is 4.00. The smallest absolute Gasteiger partial charge is 0.0246 e. The van der Waals surface area contributed by atoms with Gasteiger partial charge < -0.3 is 10.6 Å². The molecule has 1 atom stereocenters. The normalized spacial score (nSPS) is 29.6. The highest BCUT2D eigenvalue weighted by Crippen LogP contribution is 2.31. The molecule has 122 valence electrons. The third-order valence-electron chi connectivity index (χ3n) is 6.31. The lowest BCUT2D eigenvalue weighted by Crippen LogP contribution is -2.53. The van der Waals surface area contributed by atoms with Gasteiger partial charge in [-0.15, -0.1) is 0 Å². The monoisotopic (exact) mass is 293 g/mol. The van der Waals surface area contributed by atoms with Crippen molar-refractivity contribution in [3.63, 3.8) is 0 Å². The highest BCUT2D eigenvalue weighted by molar-refractivity contribution is 4.88.